The quantitative estimate of drug-likeness (QED) is 0.819. The molecule has 0 aliphatic heterocycles. The average molecular weight is 264 g/mol. The fraction of sp³-hybridized carbons (Fsp3) is 0.533. The van der Waals surface area contributed by atoms with Crippen molar-refractivity contribution in [1.29, 1.82) is 5.26 Å². The molecule has 0 aromatic heterocycles. The maximum absolute atomic E-state index is 14.0. The highest BCUT2D eigenvalue weighted by atomic mass is 19.1. The van der Waals surface area contributed by atoms with Crippen LogP contribution in [-0.2, 0) is 0 Å². The van der Waals surface area contributed by atoms with E-state index in [1.165, 1.54) is 6.07 Å². The number of nitrogens with one attached hydrogen (secondary N) is 1. The highest BCUT2D eigenvalue weighted by Crippen LogP contribution is 2.23. The maximum Gasteiger partial charge on any atom is 0.184 e. The van der Waals surface area contributed by atoms with Crippen LogP contribution in [0.4, 0.5) is 4.39 Å². The molecule has 0 fully saturated rings. The Bertz CT molecular complexity index is 442. The van der Waals surface area contributed by atoms with Gasteiger partial charge in [0.25, 0.3) is 0 Å². The van der Waals surface area contributed by atoms with Crippen LogP contribution in [-0.4, -0.2) is 12.6 Å². The Morgan fingerprint density at radius 1 is 1.42 bits per heavy atom. The third kappa shape index (κ3) is 4.53. The summed E-state index contributed by atoms with van der Waals surface area (Å²) < 4.78 is 19.4. The van der Waals surface area contributed by atoms with Crippen LogP contribution in [0.2, 0.25) is 0 Å². The van der Waals surface area contributed by atoms with Crippen LogP contribution in [0.1, 0.15) is 45.2 Å². The first-order valence-electron chi connectivity index (χ1n) is 6.71. The minimum absolute atomic E-state index is 0.0352. The molecule has 2 atom stereocenters. The molecular formula is C15H21FN2O. The summed E-state index contributed by atoms with van der Waals surface area (Å²) in [6, 6.07) is 6.76. The summed E-state index contributed by atoms with van der Waals surface area (Å²) in [7, 11) is 0. The normalized spacial score (nSPS) is 13.6. The van der Waals surface area contributed by atoms with Gasteiger partial charge in [0.1, 0.15) is 17.6 Å². The summed E-state index contributed by atoms with van der Waals surface area (Å²) in [4.78, 5) is 0. The van der Waals surface area contributed by atoms with Gasteiger partial charge in [-0.1, -0.05) is 19.9 Å². The molecule has 0 spiro atoms. The van der Waals surface area contributed by atoms with Gasteiger partial charge in [0.05, 0.1) is 0 Å². The van der Waals surface area contributed by atoms with Gasteiger partial charge in [-0.2, -0.15) is 5.26 Å². The second-order valence-corrected chi connectivity index (χ2v) is 4.50. The van der Waals surface area contributed by atoms with E-state index in [1.54, 1.807) is 12.1 Å². The van der Waals surface area contributed by atoms with Gasteiger partial charge in [-0.05, 0) is 32.4 Å². The molecule has 3 nitrogen and oxygen atoms in total. The second-order valence-electron chi connectivity index (χ2n) is 4.50. The number of rotatable bonds is 7. The van der Waals surface area contributed by atoms with Crippen molar-refractivity contribution in [3.63, 3.8) is 0 Å². The Morgan fingerprint density at radius 3 is 2.68 bits per heavy atom. The molecule has 2 unspecified atom stereocenters. The molecule has 0 aliphatic carbocycles. The molecule has 4 heteroatoms. The van der Waals surface area contributed by atoms with E-state index < -0.39 is 6.10 Å². The van der Waals surface area contributed by atoms with Crippen LogP contribution >= 0.6 is 0 Å². The maximum atomic E-state index is 14.0. The van der Waals surface area contributed by atoms with Crippen molar-refractivity contribution < 1.29 is 9.13 Å². The number of ether oxygens (including phenoxy) is 1. The molecule has 1 aromatic carbocycles. The minimum atomic E-state index is -0.527. The van der Waals surface area contributed by atoms with Crippen molar-refractivity contribution in [2.75, 3.05) is 6.54 Å². The topological polar surface area (TPSA) is 45.0 Å². The number of hydrogen-bond donors (Lipinski definition) is 1. The molecule has 0 bridgehead atoms. The van der Waals surface area contributed by atoms with Gasteiger partial charge in [0, 0.05) is 17.7 Å². The van der Waals surface area contributed by atoms with Gasteiger partial charge in [0.15, 0.2) is 6.10 Å². The number of halogens is 1. The first kappa shape index (κ1) is 15.5. The SMILES string of the molecule is CCCNC(C)c1ccc(OC(C#N)CC)cc1F. The highest BCUT2D eigenvalue weighted by Gasteiger charge is 2.13. The zero-order chi connectivity index (χ0) is 14.3. The molecule has 1 N–H and O–H groups in total. The zero-order valence-electron chi connectivity index (χ0n) is 11.7. The van der Waals surface area contributed by atoms with E-state index in [4.69, 9.17) is 10.00 Å². The van der Waals surface area contributed by atoms with Crippen LogP contribution < -0.4 is 10.1 Å². The predicted molar refractivity (Wildman–Crippen MR) is 73.4 cm³/mol. The third-order valence-corrected chi connectivity index (χ3v) is 2.93. The number of hydrogen-bond acceptors (Lipinski definition) is 3. The lowest BCUT2D eigenvalue weighted by Gasteiger charge is -2.16. The smallest absolute Gasteiger partial charge is 0.184 e. The van der Waals surface area contributed by atoms with Gasteiger partial charge in [-0.3, -0.25) is 0 Å². The van der Waals surface area contributed by atoms with Crippen LogP contribution in [0.5, 0.6) is 5.75 Å². The molecule has 0 saturated carbocycles. The van der Waals surface area contributed by atoms with E-state index in [2.05, 4.69) is 12.2 Å². The Labute approximate surface area is 114 Å². The van der Waals surface area contributed by atoms with E-state index >= 15 is 0 Å². The van der Waals surface area contributed by atoms with E-state index in [1.807, 2.05) is 19.9 Å². The van der Waals surface area contributed by atoms with E-state index in [0.29, 0.717) is 17.7 Å². The summed E-state index contributed by atoms with van der Waals surface area (Å²) in [5.41, 5.74) is 0.616. The molecule has 19 heavy (non-hydrogen) atoms. The van der Waals surface area contributed by atoms with Crippen molar-refractivity contribution in [2.24, 2.45) is 0 Å². The first-order chi connectivity index (χ1) is 9.12. The molecule has 1 aromatic rings. The summed E-state index contributed by atoms with van der Waals surface area (Å²) >= 11 is 0. The highest BCUT2D eigenvalue weighted by molar-refractivity contribution is 5.31. The molecule has 0 amide bonds. The molecular weight excluding hydrogens is 243 g/mol. The van der Waals surface area contributed by atoms with Gasteiger partial charge in [-0.15, -0.1) is 0 Å². The summed E-state index contributed by atoms with van der Waals surface area (Å²) in [6.07, 6.45) is 1.06. The minimum Gasteiger partial charge on any atom is -0.475 e. The van der Waals surface area contributed by atoms with Crippen molar-refractivity contribution >= 4 is 0 Å². The van der Waals surface area contributed by atoms with E-state index in [9.17, 15) is 4.39 Å². The largest absolute Gasteiger partial charge is 0.475 e. The van der Waals surface area contributed by atoms with E-state index in [0.717, 1.165) is 13.0 Å². The number of nitrogens with zero attached hydrogens (tertiary/aromatic N) is 1. The van der Waals surface area contributed by atoms with Crippen molar-refractivity contribution in [2.45, 2.75) is 45.8 Å². The van der Waals surface area contributed by atoms with Crippen molar-refractivity contribution in [3.8, 4) is 11.8 Å². The lowest BCUT2D eigenvalue weighted by atomic mass is 10.1. The third-order valence-electron chi connectivity index (χ3n) is 2.93. The van der Waals surface area contributed by atoms with Crippen LogP contribution in [0.15, 0.2) is 18.2 Å². The fourth-order valence-electron chi connectivity index (χ4n) is 1.77. The van der Waals surface area contributed by atoms with E-state index in [-0.39, 0.29) is 11.9 Å². The zero-order valence-corrected chi connectivity index (χ0v) is 11.7. The van der Waals surface area contributed by atoms with Gasteiger partial charge < -0.3 is 10.1 Å². The Balaban J connectivity index is 2.77. The molecule has 0 aliphatic rings. The lowest BCUT2D eigenvalue weighted by molar-refractivity contribution is 0.250. The first-order valence-corrected chi connectivity index (χ1v) is 6.71. The van der Waals surface area contributed by atoms with Gasteiger partial charge in [-0.25, -0.2) is 4.39 Å². The Morgan fingerprint density at radius 2 is 2.16 bits per heavy atom. The van der Waals surface area contributed by atoms with Crippen LogP contribution in [0, 0.1) is 17.1 Å². The Hall–Kier alpha value is -1.60. The van der Waals surface area contributed by atoms with Gasteiger partial charge >= 0.3 is 0 Å². The second kappa shape index (κ2) is 7.75. The van der Waals surface area contributed by atoms with Crippen LogP contribution in [0.3, 0.4) is 0 Å². The standard InChI is InChI=1S/C15H21FN2O/c1-4-8-18-11(3)14-7-6-13(9-15(14)16)19-12(5-2)10-17/h6-7,9,11-12,18H,4-5,8H2,1-3H3. The van der Waals surface area contributed by atoms with Crippen molar-refractivity contribution in [3.05, 3.63) is 29.6 Å². The van der Waals surface area contributed by atoms with Crippen molar-refractivity contribution in [1.82, 2.24) is 5.32 Å². The summed E-state index contributed by atoms with van der Waals surface area (Å²) in [5.74, 6) is 0.0961. The molecule has 104 valence electrons. The number of nitriles is 1. The average Bonchev–Trinajstić information content (AvgIpc) is 2.42. The fourth-order valence-corrected chi connectivity index (χ4v) is 1.77. The molecule has 0 heterocycles. The molecule has 0 radical (unpaired) electrons. The molecule has 0 saturated heterocycles. The van der Waals surface area contributed by atoms with Crippen LogP contribution in [0.25, 0.3) is 0 Å². The van der Waals surface area contributed by atoms with Gasteiger partial charge in [0.2, 0.25) is 0 Å². The Kier molecular flexibility index (Phi) is 6.31. The summed E-state index contributed by atoms with van der Waals surface area (Å²) in [6.45, 7) is 6.71. The predicted octanol–water partition coefficient (Wildman–Crippen LogP) is 3.57. The molecule has 1 rings (SSSR count). The monoisotopic (exact) mass is 264 g/mol. The summed E-state index contributed by atoms with van der Waals surface area (Å²) in [5, 5.41) is 12.1. The number of benzene rings is 1. The lowest BCUT2D eigenvalue weighted by Crippen LogP contribution is -2.20.